The quantitative estimate of drug-likeness (QED) is 0.924. The Morgan fingerprint density at radius 3 is 2.81 bits per heavy atom. The molecule has 1 saturated heterocycles. The van der Waals surface area contributed by atoms with Gasteiger partial charge in [0.15, 0.2) is 0 Å². The van der Waals surface area contributed by atoms with Gasteiger partial charge in [0.2, 0.25) is 0 Å². The highest BCUT2D eigenvalue weighted by atomic mass is 35.5. The summed E-state index contributed by atoms with van der Waals surface area (Å²) in [7, 11) is 0. The zero-order valence-corrected chi connectivity index (χ0v) is 12.9. The number of halogens is 1. The number of benzene rings is 1. The van der Waals surface area contributed by atoms with E-state index in [1.807, 2.05) is 0 Å². The van der Waals surface area contributed by atoms with Crippen LogP contribution in [0.5, 0.6) is 0 Å². The summed E-state index contributed by atoms with van der Waals surface area (Å²) in [5.74, 6) is 0.663. The molecule has 0 unspecified atom stereocenters. The second-order valence-corrected chi connectivity index (χ2v) is 6.06. The Hall–Kier alpha value is -1.43. The van der Waals surface area contributed by atoms with Crippen LogP contribution in [0.4, 0.5) is 0 Å². The van der Waals surface area contributed by atoms with Gasteiger partial charge in [0.05, 0.1) is 29.7 Å². The van der Waals surface area contributed by atoms with E-state index in [-0.39, 0.29) is 17.8 Å². The highest BCUT2D eigenvalue weighted by Crippen LogP contribution is 2.16. The van der Waals surface area contributed by atoms with Crippen LogP contribution in [-0.2, 0) is 11.3 Å². The average molecular weight is 308 g/mol. The molecule has 1 N–H and O–H groups in total. The lowest BCUT2D eigenvalue weighted by atomic mass is 10.2. The molecule has 1 aliphatic heterocycles. The molecule has 5 nitrogen and oxygen atoms in total. The summed E-state index contributed by atoms with van der Waals surface area (Å²) < 4.78 is 5.71. The number of nitrogens with one attached hydrogen (secondary N) is 1. The molecule has 0 amide bonds. The number of aromatic amines is 1. The Labute approximate surface area is 127 Å². The number of fused-ring (bicyclic) bond motifs is 1. The zero-order valence-electron chi connectivity index (χ0n) is 12.1. The van der Waals surface area contributed by atoms with Crippen molar-refractivity contribution >= 4 is 22.5 Å². The van der Waals surface area contributed by atoms with Gasteiger partial charge in [0.1, 0.15) is 5.82 Å². The molecule has 1 fully saturated rings. The molecule has 2 atom stereocenters. The first-order valence-corrected chi connectivity index (χ1v) is 7.45. The van der Waals surface area contributed by atoms with Gasteiger partial charge in [0.25, 0.3) is 5.56 Å². The Morgan fingerprint density at radius 1 is 1.38 bits per heavy atom. The number of hydrogen-bond donors (Lipinski definition) is 1. The van der Waals surface area contributed by atoms with E-state index in [0.29, 0.717) is 28.3 Å². The third-order valence-electron chi connectivity index (χ3n) is 3.59. The molecule has 2 heterocycles. The van der Waals surface area contributed by atoms with Crippen LogP contribution in [0.2, 0.25) is 5.02 Å². The van der Waals surface area contributed by atoms with Gasteiger partial charge < -0.3 is 9.72 Å². The molecule has 1 aromatic carbocycles. The van der Waals surface area contributed by atoms with Crippen molar-refractivity contribution in [2.24, 2.45) is 0 Å². The van der Waals surface area contributed by atoms with E-state index in [0.717, 1.165) is 13.1 Å². The minimum atomic E-state index is -0.124. The smallest absolute Gasteiger partial charge is 0.258 e. The molecule has 0 radical (unpaired) electrons. The van der Waals surface area contributed by atoms with Crippen molar-refractivity contribution in [2.45, 2.75) is 32.6 Å². The van der Waals surface area contributed by atoms with Gasteiger partial charge in [-0.05, 0) is 32.0 Å². The lowest BCUT2D eigenvalue weighted by molar-refractivity contribution is -0.0710. The summed E-state index contributed by atoms with van der Waals surface area (Å²) in [6.45, 7) is 6.39. The van der Waals surface area contributed by atoms with Crippen molar-refractivity contribution in [3.8, 4) is 0 Å². The number of aromatic nitrogens is 2. The number of nitrogens with zero attached hydrogens (tertiary/aromatic N) is 2. The van der Waals surface area contributed by atoms with Gasteiger partial charge in [-0.15, -0.1) is 0 Å². The van der Waals surface area contributed by atoms with Crippen molar-refractivity contribution in [2.75, 3.05) is 13.1 Å². The lowest BCUT2D eigenvalue weighted by Crippen LogP contribution is -2.45. The number of hydrogen-bond acceptors (Lipinski definition) is 4. The molecule has 3 rings (SSSR count). The second-order valence-electron chi connectivity index (χ2n) is 5.63. The molecule has 0 bridgehead atoms. The van der Waals surface area contributed by atoms with Crippen LogP contribution in [0.1, 0.15) is 19.7 Å². The molecule has 2 aromatic rings. The molecule has 6 heteroatoms. The van der Waals surface area contributed by atoms with E-state index >= 15 is 0 Å². The van der Waals surface area contributed by atoms with Crippen LogP contribution in [0, 0.1) is 0 Å². The SMILES string of the molecule is C[C@@H]1CN(Cc2nc3cc(Cl)ccc3c(=O)[nH]2)C[C@H](C)O1. The van der Waals surface area contributed by atoms with E-state index in [2.05, 4.69) is 28.7 Å². The van der Waals surface area contributed by atoms with Crippen LogP contribution in [0.3, 0.4) is 0 Å². The van der Waals surface area contributed by atoms with Gasteiger partial charge in [-0.2, -0.15) is 0 Å². The fourth-order valence-electron chi connectivity index (χ4n) is 2.86. The van der Waals surface area contributed by atoms with Crippen LogP contribution in [-0.4, -0.2) is 40.2 Å². The first kappa shape index (κ1) is 14.5. The predicted octanol–water partition coefficient (Wildman–Crippen LogP) is 2.19. The summed E-state index contributed by atoms with van der Waals surface area (Å²) in [4.78, 5) is 21.7. The molecular weight excluding hydrogens is 290 g/mol. The third kappa shape index (κ3) is 3.26. The summed E-state index contributed by atoms with van der Waals surface area (Å²) in [5.41, 5.74) is 0.511. The minimum Gasteiger partial charge on any atom is -0.373 e. The van der Waals surface area contributed by atoms with E-state index in [9.17, 15) is 4.79 Å². The maximum absolute atomic E-state index is 12.1. The van der Waals surface area contributed by atoms with Crippen molar-refractivity contribution in [1.82, 2.24) is 14.9 Å². The molecular formula is C15H18ClN3O2. The molecule has 0 spiro atoms. The van der Waals surface area contributed by atoms with Crippen LogP contribution in [0.25, 0.3) is 10.9 Å². The lowest BCUT2D eigenvalue weighted by Gasteiger charge is -2.34. The zero-order chi connectivity index (χ0) is 15.0. The molecule has 1 aromatic heterocycles. The van der Waals surface area contributed by atoms with E-state index in [4.69, 9.17) is 16.3 Å². The molecule has 21 heavy (non-hydrogen) atoms. The summed E-state index contributed by atoms with van der Waals surface area (Å²) >= 11 is 5.97. The van der Waals surface area contributed by atoms with Crippen LogP contribution < -0.4 is 5.56 Å². The maximum atomic E-state index is 12.1. The molecule has 0 saturated carbocycles. The number of H-pyrrole nitrogens is 1. The average Bonchev–Trinajstić information content (AvgIpc) is 2.36. The Bertz CT molecular complexity index is 706. The highest BCUT2D eigenvalue weighted by molar-refractivity contribution is 6.31. The van der Waals surface area contributed by atoms with E-state index in [1.54, 1.807) is 18.2 Å². The van der Waals surface area contributed by atoms with Gasteiger partial charge in [-0.1, -0.05) is 11.6 Å². The third-order valence-corrected chi connectivity index (χ3v) is 3.82. The van der Waals surface area contributed by atoms with E-state index in [1.165, 1.54) is 0 Å². The van der Waals surface area contributed by atoms with Crippen LogP contribution >= 0.6 is 11.6 Å². The predicted molar refractivity (Wildman–Crippen MR) is 82.7 cm³/mol. The Kier molecular flexibility index (Phi) is 3.97. The molecule has 0 aliphatic carbocycles. The monoisotopic (exact) mass is 307 g/mol. The summed E-state index contributed by atoms with van der Waals surface area (Å²) in [5, 5.41) is 1.15. The first-order valence-electron chi connectivity index (χ1n) is 7.07. The highest BCUT2D eigenvalue weighted by Gasteiger charge is 2.22. The number of morpholine rings is 1. The topological polar surface area (TPSA) is 58.2 Å². The number of rotatable bonds is 2. The normalized spacial score (nSPS) is 23.6. The standard InChI is InChI=1S/C15H18ClN3O2/c1-9-6-19(7-10(2)21-9)8-14-17-13-5-11(16)3-4-12(13)15(20)18-14/h3-5,9-10H,6-8H2,1-2H3,(H,17,18,20)/t9-,10+. The Morgan fingerprint density at radius 2 is 2.10 bits per heavy atom. The summed E-state index contributed by atoms with van der Waals surface area (Å²) in [6.07, 6.45) is 0.380. The van der Waals surface area contributed by atoms with Crippen molar-refractivity contribution < 1.29 is 4.74 Å². The van der Waals surface area contributed by atoms with Gasteiger partial charge in [-0.3, -0.25) is 9.69 Å². The number of ether oxygens (including phenoxy) is 1. The van der Waals surface area contributed by atoms with Crippen molar-refractivity contribution in [1.29, 1.82) is 0 Å². The second kappa shape index (κ2) is 5.75. The fourth-order valence-corrected chi connectivity index (χ4v) is 3.03. The fraction of sp³-hybridized carbons (Fsp3) is 0.467. The molecule has 1 aliphatic rings. The van der Waals surface area contributed by atoms with Gasteiger partial charge >= 0.3 is 0 Å². The van der Waals surface area contributed by atoms with Crippen molar-refractivity contribution in [3.63, 3.8) is 0 Å². The molecule has 112 valence electrons. The van der Waals surface area contributed by atoms with Crippen LogP contribution in [0.15, 0.2) is 23.0 Å². The first-order chi connectivity index (χ1) is 10.0. The van der Waals surface area contributed by atoms with E-state index < -0.39 is 0 Å². The minimum absolute atomic E-state index is 0.124. The maximum Gasteiger partial charge on any atom is 0.258 e. The Balaban J connectivity index is 1.89. The largest absolute Gasteiger partial charge is 0.373 e. The van der Waals surface area contributed by atoms with Gasteiger partial charge in [-0.25, -0.2) is 4.98 Å². The summed E-state index contributed by atoms with van der Waals surface area (Å²) in [6, 6.07) is 5.12. The van der Waals surface area contributed by atoms with Gasteiger partial charge in [0, 0.05) is 18.1 Å². The van der Waals surface area contributed by atoms with Crippen molar-refractivity contribution in [3.05, 3.63) is 39.4 Å².